The minimum absolute atomic E-state index is 0.608. The normalized spacial score (nSPS) is 21.7. The molecule has 1 rings (SSSR count). The molecule has 1 saturated heterocycles. The van der Waals surface area contributed by atoms with Gasteiger partial charge in [0, 0.05) is 25.7 Å². The number of nitrogens with one attached hydrogen (secondary N) is 1. The molecule has 0 radical (unpaired) electrons. The molecule has 0 aromatic heterocycles. The minimum Gasteiger partial charge on any atom is -0.363 e. The fourth-order valence-electron chi connectivity index (χ4n) is 1.97. The van der Waals surface area contributed by atoms with Crippen LogP contribution in [0.2, 0.25) is 0 Å². The lowest BCUT2D eigenvalue weighted by molar-refractivity contribution is 0.284. The molecule has 14 heavy (non-hydrogen) atoms. The zero-order chi connectivity index (χ0) is 10.6. The fraction of sp³-hybridized carbons (Fsp3) is 0.900. The van der Waals surface area contributed by atoms with Gasteiger partial charge in [0.05, 0.1) is 0 Å². The van der Waals surface area contributed by atoms with Crippen molar-refractivity contribution in [3.05, 3.63) is 0 Å². The second kappa shape index (κ2) is 5.51. The number of likely N-dealkylation sites (N-methyl/N-ethyl adjacent to an activating group) is 1. The summed E-state index contributed by atoms with van der Waals surface area (Å²) in [5, 5.41) is 4.16. The molecule has 1 N–H and O–H groups in total. The van der Waals surface area contributed by atoms with Crippen LogP contribution >= 0.6 is 12.2 Å². The van der Waals surface area contributed by atoms with Crippen LogP contribution in [0.4, 0.5) is 0 Å². The second-order valence-electron chi connectivity index (χ2n) is 4.09. The summed E-state index contributed by atoms with van der Waals surface area (Å²) in [6.07, 6.45) is 2.54. The van der Waals surface area contributed by atoms with E-state index in [0.29, 0.717) is 6.04 Å². The van der Waals surface area contributed by atoms with Gasteiger partial charge < -0.3 is 15.1 Å². The summed E-state index contributed by atoms with van der Waals surface area (Å²) in [4.78, 5) is 4.57. The number of hydrogen-bond acceptors (Lipinski definition) is 2. The van der Waals surface area contributed by atoms with Crippen molar-refractivity contribution in [1.29, 1.82) is 0 Å². The van der Waals surface area contributed by atoms with Gasteiger partial charge in [-0.05, 0) is 46.1 Å². The first-order valence-corrected chi connectivity index (χ1v) is 5.75. The van der Waals surface area contributed by atoms with Crippen LogP contribution in [0.5, 0.6) is 0 Å². The molecule has 0 saturated carbocycles. The van der Waals surface area contributed by atoms with E-state index in [0.717, 1.165) is 24.7 Å². The lowest BCUT2D eigenvalue weighted by Gasteiger charge is -2.29. The van der Waals surface area contributed by atoms with E-state index < -0.39 is 0 Å². The topological polar surface area (TPSA) is 18.5 Å². The van der Waals surface area contributed by atoms with Gasteiger partial charge >= 0.3 is 0 Å². The van der Waals surface area contributed by atoms with E-state index in [2.05, 4.69) is 36.1 Å². The average molecular weight is 215 g/mol. The summed E-state index contributed by atoms with van der Waals surface area (Å²) in [7, 11) is 4.24. The number of nitrogens with zero attached hydrogens (tertiary/aromatic N) is 2. The highest BCUT2D eigenvalue weighted by molar-refractivity contribution is 7.80. The number of hydrogen-bond donors (Lipinski definition) is 1. The van der Waals surface area contributed by atoms with Crippen LogP contribution in [-0.4, -0.2) is 54.7 Å². The highest BCUT2D eigenvalue weighted by atomic mass is 32.1. The summed E-state index contributed by atoms with van der Waals surface area (Å²) in [6.45, 7) is 5.23. The molecule has 1 aliphatic rings. The lowest BCUT2D eigenvalue weighted by Crippen LogP contribution is -2.46. The second-order valence-corrected chi connectivity index (χ2v) is 4.47. The Labute approximate surface area is 92.4 Å². The monoisotopic (exact) mass is 215 g/mol. The van der Waals surface area contributed by atoms with Gasteiger partial charge in [0.2, 0.25) is 0 Å². The minimum atomic E-state index is 0.608. The summed E-state index contributed by atoms with van der Waals surface area (Å²) >= 11 is 5.34. The molecule has 1 fully saturated rings. The van der Waals surface area contributed by atoms with Crippen molar-refractivity contribution in [2.75, 3.05) is 33.7 Å². The molecule has 3 nitrogen and oxygen atoms in total. The zero-order valence-electron chi connectivity index (χ0n) is 9.42. The van der Waals surface area contributed by atoms with Crippen LogP contribution < -0.4 is 5.32 Å². The molecule has 0 spiro atoms. The van der Waals surface area contributed by atoms with Gasteiger partial charge in [-0.15, -0.1) is 0 Å². The van der Waals surface area contributed by atoms with E-state index in [1.165, 1.54) is 12.8 Å². The summed E-state index contributed by atoms with van der Waals surface area (Å²) in [5.41, 5.74) is 0. The Hall–Kier alpha value is -0.350. The van der Waals surface area contributed by atoms with Crippen molar-refractivity contribution in [2.24, 2.45) is 0 Å². The van der Waals surface area contributed by atoms with Crippen LogP contribution in [0.1, 0.15) is 19.8 Å². The van der Waals surface area contributed by atoms with E-state index in [1.54, 1.807) is 0 Å². The number of rotatable bonds is 3. The molecule has 82 valence electrons. The summed E-state index contributed by atoms with van der Waals surface area (Å²) < 4.78 is 0. The third-order valence-electron chi connectivity index (χ3n) is 2.54. The van der Waals surface area contributed by atoms with Crippen LogP contribution in [-0.2, 0) is 0 Å². The van der Waals surface area contributed by atoms with E-state index in [1.807, 2.05) is 0 Å². The van der Waals surface area contributed by atoms with Gasteiger partial charge in [-0.2, -0.15) is 0 Å². The number of likely N-dealkylation sites (tertiary alicyclic amines) is 1. The van der Waals surface area contributed by atoms with Gasteiger partial charge in [0.25, 0.3) is 0 Å². The Kier molecular flexibility index (Phi) is 4.62. The zero-order valence-corrected chi connectivity index (χ0v) is 10.2. The van der Waals surface area contributed by atoms with Crippen molar-refractivity contribution >= 4 is 17.3 Å². The van der Waals surface area contributed by atoms with Gasteiger partial charge in [-0.3, -0.25) is 0 Å². The van der Waals surface area contributed by atoms with Crippen LogP contribution in [0.25, 0.3) is 0 Å². The third kappa shape index (κ3) is 3.10. The van der Waals surface area contributed by atoms with Crippen LogP contribution in [0.15, 0.2) is 0 Å². The highest BCUT2D eigenvalue weighted by Crippen LogP contribution is 2.17. The van der Waals surface area contributed by atoms with Crippen LogP contribution in [0, 0.1) is 0 Å². The summed E-state index contributed by atoms with van der Waals surface area (Å²) in [5.74, 6) is 0. The third-order valence-corrected chi connectivity index (χ3v) is 2.92. The van der Waals surface area contributed by atoms with Crippen molar-refractivity contribution in [2.45, 2.75) is 25.8 Å². The first-order chi connectivity index (χ1) is 6.65. The Balaban J connectivity index is 2.46. The Morgan fingerprint density at radius 3 is 2.86 bits per heavy atom. The van der Waals surface area contributed by atoms with Gasteiger partial charge in [0.15, 0.2) is 5.11 Å². The average Bonchev–Trinajstić information content (AvgIpc) is 2.51. The van der Waals surface area contributed by atoms with Crippen molar-refractivity contribution < 1.29 is 0 Å². The van der Waals surface area contributed by atoms with Crippen molar-refractivity contribution in [3.63, 3.8) is 0 Å². The van der Waals surface area contributed by atoms with Crippen molar-refractivity contribution in [3.8, 4) is 0 Å². The molecule has 0 aromatic rings. The Morgan fingerprint density at radius 2 is 2.29 bits per heavy atom. The van der Waals surface area contributed by atoms with E-state index >= 15 is 0 Å². The predicted molar refractivity (Wildman–Crippen MR) is 64.6 cm³/mol. The van der Waals surface area contributed by atoms with Gasteiger partial charge in [0.1, 0.15) is 0 Å². The molecule has 0 aromatic carbocycles. The molecule has 4 heteroatoms. The molecule has 0 aliphatic carbocycles. The molecule has 1 atom stereocenters. The van der Waals surface area contributed by atoms with E-state index in [9.17, 15) is 0 Å². The summed E-state index contributed by atoms with van der Waals surface area (Å²) in [6, 6.07) is 0.608. The predicted octanol–water partition coefficient (Wildman–Crippen LogP) is 0.907. The molecule has 0 bridgehead atoms. The first-order valence-electron chi connectivity index (χ1n) is 5.34. The van der Waals surface area contributed by atoms with Crippen molar-refractivity contribution in [1.82, 2.24) is 15.1 Å². The molecule has 0 amide bonds. The van der Waals surface area contributed by atoms with E-state index in [-0.39, 0.29) is 0 Å². The molecular formula is C10H21N3S. The maximum atomic E-state index is 5.34. The molecule has 1 aliphatic heterocycles. The molecule has 1 unspecified atom stereocenters. The Bertz CT molecular complexity index is 194. The van der Waals surface area contributed by atoms with Gasteiger partial charge in [-0.25, -0.2) is 0 Å². The first kappa shape index (κ1) is 11.7. The maximum Gasteiger partial charge on any atom is 0.169 e. The van der Waals surface area contributed by atoms with Gasteiger partial charge in [-0.1, -0.05) is 0 Å². The highest BCUT2D eigenvalue weighted by Gasteiger charge is 2.26. The quantitative estimate of drug-likeness (QED) is 0.705. The number of thiocarbonyl (C=S) groups is 1. The SMILES string of the molecule is CCNC(=S)N1CCCC1CN(C)C. The van der Waals surface area contributed by atoms with Crippen LogP contribution in [0.3, 0.4) is 0 Å². The lowest BCUT2D eigenvalue weighted by atomic mass is 10.2. The Morgan fingerprint density at radius 1 is 1.57 bits per heavy atom. The van der Waals surface area contributed by atoms with E-state index in [4.69, 9.17) is 12.2 Å². The molecular weight excluding hydrogens is 194 g/mol. The largest absolute Gasteiger partial charge is 0.363 e. The maximum absolute atomic E-state index is 5.34. The molecule has 1 heterocycles. The smallest absolute Gasteiger partial charge is 0.169 e. The standard InChI is InChI=1S/C10H21N3S/c1-4-11-10(14)13-7-5-6-9(13)8-12(2)3/h9H,4-8H2,1-3H3,(H,11,14). The fourth-order valence-corrected chi connectivity index (χ4v) is 2.35.